The van der Waals surface area contributed by atoms with Gasteiger partial charge in [0.15, 0.2) is 0 Å². The van der Waals surface area contributed by atoms with E-state index in [-0.39, 0.29) is 12.7 Å². The molecule has 1 rings (SSSR count). The quantitative estimate of drug-likeness (QED) is 0.800. The van der Waals surface area contributed by atoms with E-state index in [0.717, 1.165) is 37.4 Å². The van der Waals surface area contributed by atoms with E-state index in [1.165, 1.54) is 0 Å². The zero-order valence-corrected chi connectivity index (χ0v) is 12.5. The number of ether oxygens (including phenoxy) is 1. The summed E-state index contributed by atoms with van der Waals surface area (Å²) in [6, 6.07) is 0. The van der Waals surface area contributed by atoms with Crippen molar-refractivity contribution in [1.82, 2.24) is 4.90 Å². The Bertz CT molecular complexity index is 265. The molecule has 0 bridgehead atoms. The van der Waals surface area contributed by atoms with E-state index in [0.29, 0.717) is 5.92 Å². The van der Waals surface area contributed by atoms with Gasteiger partial charge < -0.3 is 14.7 Å². The molecule has 0 aromatic heterocycles. The van der Waals surface area contributed by atoms with Crippen molar-refractivity contribution >= 4 is 17.9 Å². The molecule has 0 spiro atoms. The number of carbonyl (C=O) groups is 1. The van der Waals surface area contributed by atoms with E-state index >= 15 is 0 Å². The van der Waals surface area contributed by atoms with E-state index < -0.39 is 5.60 Å². The molecule has 0 aliphatic carbocycles. The van der Waals surface area contributed by atoms with Crippen molar-refractivity contribution in [3.05, 3.63) is 0 Å². The highest BCUT2D eigenvalue weighted by Gasteiger charge is 2.27. The molecule has 4 nitrogen and oxygen atoms in total. The summed E-state index contributed by atoms with van der Waals surface area (Å²) in [7, 11) is 0. The smallest absolute Gasteiger partial charge is 0.410 e. The summed E-state index contributed by atoms with van der Waals surface area (Å²) in [5, 5.41) is 8.76. The van der Waals surface area contributed by atoms with Gasteiger partial charge >= 0.3 is 6.09 Å². The molecular weight excluding hydrogens is 250 g/mol. The van der Waals surface area contributed by atoms with Crippen molar-refractivity contribution in [2.75, 3.05) is 31.2 Å². The number of aliphatic hydroxyl groups excluding tert-OH is 1. The minimum Gasteiger partial charge on any atom is -0.444 e. The zero-order chi connectivity index (χ0) is 13.6. The van der Waals surface area contributed by atoms with Gasteiger partial charge in [-0.05, 0) is 45.3 Å². The first kappa shape index (κ1) is 15.6. The van der Waals surface area contributed by atoms with Gasteiger partial charge in [0.2, 0.25) is 0 Å². The fourth-order valence-electron chi connectivity index (χ4n) is 2.01. The van der Waals surface area contributed by atoms with Crippen LogP contribution in [-0.4, -0.2) is 52.9 Å². The van der Waals surface area contributed by atoms with Gasteiger partial charge in [-0.25, -0.2) is 4.79 Å². The molecule has 0 aromatic rings. The summed E-state index contributed by atoms with van der Waals surface area (Å²) >= 11 is 1.76. The molecule has 1 amide bonds. The number of rotatable bonds is 4. The molecule has 0 saturated carbocycles. The van der Waals surface area contributed by atoms with Crippen LogP contribution in [0.15, 0.2) is 0 Å². The van der Waals surface area contributed by atoms with E-state index in [1.807, 2.05) is 25.7 Å². The van der Waals surface area contributed by atoms with Crippen LogP contribution in [0.4, 0.5) is 4.79 Å². The number of aliphatic hydroxyl groups is 1. The molecule has 106 valence electrons. The van der Waals surface area contributed by atoms with Gasteiger partial charge in [0.1, 0.15) is 5.60 Å². The SMILES string of the molecule is CC(C)(C)OC(=O)N1CCC[C@@H](CSCCO)C1. The summed E-state index contributed by atoms with van der Waals surface area (Å²) in [4.78, 5) is 13.8. The number of piperidine rings is 1. The molecule has 1 N–H and O–H groups in total. The predicted molar refractivity (Wildman–Crippen MR) is 74.9 cm³/mol. The highest BCUT2D eigenvalue weighted by Crippen LogP contribution is 2.22. The van der Waals surface area contributed by atoms with Crippen LogP contribution >= 0.6 is 11.8 Å². The molecule has 0 radical (unpaired) electrons. The van der Waals surface area contributed by atoms with Crippen LogP contribution in [0.3, 0.4) is 0 Å². The second-order valence-corrected chi connectivity index (χ2v) is 6.88. The van der Waals surface area contributed by atoms with Crippen LogP contribution in [0.1, 0.15) is 33.6 Å². The summed E-state index contributed by atoms with van der Waals surface area (Å²) in [6.07, 6.45) is 2.01. The van der Waals surface area contributed by atoms with Gasteiger partial charge in [-0.15, -0.1) is 0 Å². The Kier molecular flexibility index (Phi) is 6.29. The summed E-state index contributed by atoms with van der Waals surface area (Å²) < 4.78 is 5.39. The maximum atomic E-state index is 11.9. The van der Waals surface area contributed by atoms with Crippen LogP contribution in [0.2, 0.25) is 0 Å². The lowest BCUT2D eigenvalue weighted by molar-refractivity contribution is 0.0177. The third-order valence-electron chi connectivity index (χ3n) is 2.76. The van der Waals surface area contributed by atoms with E-state index in [2.05, 4.69) is 0 Å². The van der Waals surface area contributed by atoms with E-state index in [9.17, 15) is 4.79 Å². The topological polar surface area (TPSA) is 49.8 Å². The fourth-order valence-corrected chi connectivity index (χ4v) is 2.91. The maximum Gasteiger partial charge on any atom is 0.410 e. The average Bonchev–Trinajstić information content (AvgIpc) is 2.27. The third-order valence-corrected chi connectivity index (χ3v) is 3.94. The predicted octanol–water partition coefficient (Wildman–Crippen LogP) is 2.36. The van der Waals surface area contributed by atoms with Crippen LogP contribution in [0, 0.1) is 5.92 Å². The lowest BCUT2D eigenvalue weighted by atomic mass is 10.0. The Morgan fingerprint density at radius 2 is 2.22 bits per heavy atom. The minimum atomic E-state index is -0.421. The number of nitrogens with zero attached hydrogens (tertiary/aromatic N) is 1. The van der Waals surface area contributed by atoms with Crippen LogP contribution in [-0.2, 0) is 4.74 Å². The second kappa shape index (κ2) is 7.24. The van der Waals surface area contributed by atoms with Gasteiger partial charge in [-0.3, -0.25) is 0 Å². The zero-order valence-electron chi connectivity index (χ0n) is 11.6. The fraction of sp³-hybridized carbons (Fsp3) is 0.923. The minimum absolute atomic E-state index is 0.195. The molecule has 1 saturated heterocycles. The van der Waals surface area contributed by atoms with Gasteiger partial charge in [-0.1, -0.05) is 0 Å². The van der Waals surface area contributed by atoms with Crippen molar-refractivity contribution in [2.45, 2.75) is 39.2 Å². The molecule has 1 heterocycles. The summed E-state index contributed by atoms with van der Waals surface area (Å²) in [5.74, 6) is 2.32. The average molecular weight is 275 g/mol. The van der Waals surface area contributed by atoms with Crippen molar-refractivity contribution in [1.29, 1.82) is 0 Å². The Morgan fingerprint density at radius 3 is 2.83 bits per heavy atom. The van der Waals surface area contributed by atoms with Gasteiger partial charge in [0.25, 0.3) is 0 Å². The van der Waals surface area contributed by atoms with Crippen molar-refractivity contribution in [3.8, 4) is 0 Å². The molecule has 1 aliphatic rings. The van der Waals surface area contributed by atoms with E-state index in [1.54, 1.807) is 11.8 Å². The molecular formula is C13H25NO3S. The van der Waals surface area contributed by atoms with Crippen molar-refractivity contribution in [3.63, 3.8) is 0 Å². The second-order valence-electron chi connectivity index (χ2n) is 5.73. The van der Waals surface area contributed by atoms with Gasteiger partial charge in [0.05, 0.1) is 6.61 Å². The largest absolute Gasteiger partial charge is 0.444 e. The molecule has 0 aromatic carbocycles. The Labute approximate surface area is 114 Å². The first-order valence-corrected chi connectivity index (χ1v) is 7.74. The Balaban J connectivity index is 2.36. The molecule has 1 atom stereocenters. The Morgan fingerprint density at radius 1 is 1.50 bits per heavy atom. The monoisotopic (exact) mass is 275 g/mol. The first-order chi connectivity index (χ1) is 8.42. The highest BCUT2D eigenvalue weighted by molar-refractivity contribution is 7.99. The number of likely N-dealkylation sites (tertiary alicyclic amines) is 1. The normalized spacial score (nSPS) is 20.9. The third kappa shape index (κ3) is 5.96. The first-order valence-electron chi connectivity index (χ1n) is 6.59. The van der Waals surface area contributed by atoms with Crippen LogP contribution in [0.5, 0.6) is 0 Å². The lowest BCUT2D eigenvalue weighted by Gasteiger charge is -2.34. The van der Waals surface area contributed by atoms with Crippen LogP contribution in [0.25, 0.3) is 0 Å². The number of amides is 1. The number of carbonyl (C=O) groups excluding carboxylic acids is 1. The van der Waals surface area contributed by atoms with E-state index in [4.69, 9.17) is 9.84 Å². The van der Waals surface area contributed by atoms with Gasteiger partial charge in [0, 0.05) is 18.8 Å². The standard InChI is InChI=1S/C13H25NO3S/c1-13(2,3)17-12(16)14-6-4-5-11(9-14)10-18-8-7-15/h11,15H,4-10H2,1-3H3/t11-/m1/s1. The maximum absolute atomic E-state index is 11.9. The van der Waals surface area contributed by atoms with Crippen molar-refractivity contribution in [2.24, 2.45) is 5.92 Å². The lowest BCUT2D eigenvalue weighted by Crippen LogP contribution is -2.43. The molecule has 0 unspecified atom stereocenters. The van der Waals surface area contributed by atoms with Crippen LogP contribution < -0.4 is 0 Å². The van der Waals surface area contributed by atoms with Gasteiger partial charge in [-0.2, -0.15) is 11.8 Å². The Hall–Kier alpha value is -0.420. The number of thioether (sulfide) groups is 1. The molecule has 1 fully saturated rings. The molecule has 1 aliphatic heterocycles. The number of hydrogen-bond donors (Lipinski definition) is 1. The molecule has 5 heteroatoms. The molecule has 18 heavy (non-hydrogen) atoms. The highest BCUT2D eigenvalue weighted by atomic mass is 32.2. The number of hydrogen-bond acceptors (Lipinski definition) is 4. The summed E-state index contributed by atoms with van der Waals surface area (Å²) in [6.45, 7) is 7.49. The van der Waals surface area contributed by atoms with Crippen molar-refractivity contribution < 1.29 is 14.6 Å². The summed E-state index contributed by atoms with van der Waals surface area (Å²) in [5.41, 5.74) is -0.421.